The molecule has 0 saturated heterocycles. The van der Waals surface area contributed by atoms with Gasteiger partial charge in [-0.1, -0.05) is 6.92 Å². The van der Waals surface area contributed by atoms with E-state index in [9.17, 15) is 4.79 Å². The number of carbonyl (C=O) groups is 1. The van der Waals surface area contributed by atoms with Crippen LogP contribution in [0.15, 0.2) is 30.7 Å². The third-order valence-electron chi connectivity index (χ3n) is 3.03. The molecule has 0 aliphatic rings. The number of carbonyl (C=O) groups excluding carboxylic acids is 1. The van der Waals surface area contributed by atoms with E-state index in [-0.39, 0.29) is 5.91 Å². The fourth-order valence-corrected chi connectivity index (χ4v) is 1.95. The lowest BCUT2D eigenvalue weighted by atomic mass is 10.2. The van der Waals surface area contributed by atoms with E-state index in [0.717, 1.165) is 30.6 Å². The molecule has 2 N–H and O–H groups in total. The zero-order chi connectivity index (χ0) is 15.1. The SMILES string of the molecule is CCCNc1ccnc(C(=O)NCCc2cnn(C)c2)c1. The van der Waals surface area contributed by atoms with E-state index < -0.39 is 0 Å². The van der Waals surface area contributed by atoms with Crippen LogP contribution in [-0.4, -0.2) is 33.8 Å². The number of nitrogens with one attached hydrogen (secondary N) is 2. The van der Waals surface area contributed by atoms with Gasteiger partial charge < -0.3 is 10.6 Å². The maximum atomic E-state index is 12.0. The van der Waals surface area contributed by atoms with E-state index in [1.807, 2.05) is 19.3 Å². The average molecular weight is 287 g/mol. The second-order valence-electron chi connectivity index (χ2n) is 4.88. The van der Waals surface area contributed by atoms with E-state index in [2.05, 4.69) is 27.6 Å². The van der Waals surface area contributed by atoms with Crippen LogP contribution >= 0.6 is 0 Å². The molecule has 112 valence electrons. The lowest BCUT2D eigenvalue weighted by Crippen LogP contribution is -2.26. The first-order chi connectivity index (χ1) is 10.2. The molecule has 0 saturated carbocycles. The first-order valence-corrected chi connectivity index (χ1v) is 7.14. The fourth-order valence-electron chi connectivity index (χ4n) is 1.95. The summed E-state index contributed by atoms with van der Waals surface area (Å²) in [6, 6.07) is 3.64. The third-order valence-corrected chi connectivity index (χ3v) is 3.03. The minimum absolute atomic E-state index is 0.154. The number of hydrogen-bond acceptors (Lipinski definition) is 4. The van der Waals surface area contributed by atoms with Crippen molar-refractivity contribution in [3.05, 3.63) is 42.0 Å². The van der Waals surface area contributed by atoms with Gasteiger partial charge in [0.05, 0.1) is 6.20 Å². The van der Waals surface area contributed by atoms with Gasteiger partial charge in [0.2, 0.25) is 0 Å². The molecule has 0 atom stereocenters. The van der Waals surface area contributed by atoms with Gasteiger partial charge in [-0.3, -0.25) is 14.5 Å². The predicted octanol–water partition coefficient (Wildman–Crippen LogP) is 1.61. The first-order valence-electron chi connectivity index (χ1n) is 7.14. The topological polar surface area (TPSA) is 71.8 Å². The van der Waals surface area contributed by atoms with Crippen molar-refractivity contribution in [1.82, 2.24) is 20.1 Å². The van der Waals surface area contributed by atoms with Crippen molar-refractivity contribution in [3.8, 4) is 0 Å². The zero-order valence-corrected chi connectivity index (χ0v) is 12.5. The molecule has 0 aliphatic carbocycles. The number of hydrogen-bond donors (Lipinski definition) is 2. The molecule has 1 amide bonds. The Morgan fingerprint density at radius 2 is 2.24 bits per heavy atom. The van der Waals surface area contributed by atoms with Crippen molar-refractivity contribution in [3.63, 3.8) is 0 Å². The maximum Gasteiger partial charge on any atom is 0.269 e. The molecule has 0 radical (unpaired) electrons. The number of pyridine rings is 1. The summed E-state index contributed by atoms with van der Waals surface area (Å²) in [6.45, 7) is 3.55. The normalized spacial score (nSPS) is 10.4. The summed E-state index contributed by atoms with van der Waals surface area (Å²) in [7, 11) is 1.88. The highest BCUT2D eigenvalue weighted by molar-refractivity contribution is 5.93. The Kier molecular flexibility index (Phi) is 5.31. The van der Waals surface area contributed by atoms with E-state index in [4.69, 9.17) is 0 Å². The Labute approximate surface area is 124 Å². The van der Waals surface area contributed by atoms with Crippen molar-refractivity contribution < 1.29 is 4.79 Å². The maximum absolute atomic E-state index is 12.0. The molecule has 0 bridgehead atoms. The van der Waals surface area contributed by atoms with Crippen LogP contribution in [-0.2, 0) is 13.5 Å². The monoisotopic (exact) mass is 287 g/mol. The fraction of sp³-hybridized carbons (Fsp3) is 0.400. The highest BCUT2D eigenvalue weighted by Gasteiger charge is 2.07. The van der Waals surface area contributed by atoms with Crippen LogP contribution in [0.25, 0.3) is 0 Å². The van der Waals surface area contributed by atoms with Crippen molar-refractivity contribution in [2.45, 2.75) is 19.8 Å². The van der Waals surface area contributed by atoms with Crippen LogP contribution in [0.4, 0.5) is 5.69 Å². The molecule has 2 heterocycles. The lowest BCUT2D eigenvalue weighted by Gasteiger charge is -2.07. The molecular formula is C15H21N5O. The number of rotatable bonds is 7. The smallest absolute Gasteiger partial charge is 0.269 e. The molecular weight excluding hydrogens is 266 g/mol. The highest BCUT2D eigenvalue weighted by atomic mass is 16.1. The summed E-state index contributed by atoms with van der Waals surface area (Å²) in [5, 5.41) is 10.2. The number of anilines is 1. The minimum Gasteiger partial charge on any atom is -0.385 e. The van der Waals surface area contributed by atoms with Crippen molar-refractivity contribution in [2.24, 2.45) is 7.05 Å². The van der Waals surface area contributed by atoms with E-state index >= 15 is 0 Å². The van der Waals surface area contributed by atoms with Crippen LogP contribution in [0.3, 0.4) is 0 Å². The molecule has 0 aliphatic heterocycles. The summed E-state index contributed by atoms with van der Waals surface area (Å²) in [4.78, 5) is 16.2. The summed E-state index contributed by atoms with van der Waals surface area (Å²) >= 11 is 0. The first kappa shape index (κ1) is 15.0. The summed E-state index contributed by atoms with van der Waals surface area (Å²) in [5.74, 6) is -0.154. The van der Waals surface area contributed by atoms with Gasteiger partial charge in [-0.2, -0.15) is 5.10 Å². The molecule has 0 aromatic carbocycles. The van der Waals surface area contributed by atoms with E-state index in [0.29, 0.717) is 12.2 Å². The van der Waals surface area contributed by atoms with Crippen LogP contribution < -0.4 is 10.6 Å². The quantitative estimate of drug-likeness (QED) is 0.811. The molecule has 6 heteroatoms. The zero-order valence-electron chi connectivity index (χ0n) is 12.5. The standard InChI is InChI=1S/C15H21N5O/c1-3-6-16-13-5-8-17-14(9-13)15(21)18-7-4-12-10-19-20(2)11-12/h5,8-11H,3-4,6-7H2,1-2H3,(H,16,17)(H,18,21). The van der Waals surface area contributed by atoms with E-state index in [1.165, 1.54) is 0 Å². The van der Waals surface area contributed by atoms with Crippen LogP contribution in [0, 0.1) is 0 Å². The molecule has 2 aromatic rings. The molecule has 2 rings (SSSR count). The Morgan fingerprint density at radius 3 is 2.95 bits per heavy atom. The largest absolute Gasteiger partial charge is 0.385 e. The van der Waals surface area contributed by atoms with Gasteiger partial charge in [-0.25, -0.2) is 0 Å². The number of aromatic nitrogens is 3. The summed E-state index contributed by atoms with van der Waals surface area (Å²) in [6.07, 6.45) is 7.19. The Morgan fingerprint density at radius 1 is 1.38 bits per heavy atom. The average Bonchev–Trinajstić information content (AvgIpc) is 2.91. The second-order valence-corrected chi connectivity index (χ2v) is 4.88. The second kappa shape index (κ2) is 7.42. The van der Waals surface area contributed by atoms with Gasteiger partial charge in [0, 0.05) is 38.2 Å². The van der Waals surface area contributed by atoms with Crippen LogP contribution in [0.5, 0.6) is 0 Å². The van der Waals surface area contributed by atoms with Gasteiger partial charge >= 0.3 is 0 Å². The number of nitrogens with zero attached hydrogens (tertiary/aromatic N) is 3. The minimum atomic E-state index is -0.154. The molecule has 21 heavy (non-hydrogen) atoms. The molecule has 0 unspecified atom stereocenters. The molecule has 2 aromatic heterocycles. The summed E-state index contributed by atoms with van der Waals surface area (Å²) in [5.41, 5.74) is 2.45. The summed E-state index contributed by atoms with van der Waals surface area (Å²) < 4.78 is 1.75. The number of amides is 1. The van der Waals surface area contributed by atoms with Gasteiger partial charge in [0.15, 0.2) is 0 Å². The third kappa shape index (κ3) is 4.59. The lowest BCUT2D eigenvalue weighted by molar-refractivity contribution is 0.0949. The predicted molar refractivity (Wildman–Crippen MR) is 82.3 cm³/mol. The van der Waals surface area contributed by atoms with Gasteiger partial charge in [-0.05, 0) is 30.5 Å². The van der Waals surface area contributed by atoms with Gasteiger partial charge in [0.25, 0.3) is 5.91 Å². The van der Waals surface area contributed by atoms with Crippen molar-refractivity contribution in [2.75, 3.05) is 18.4 Å². The van der Waals surface area contributed by atoms with E-state index in [1.54, 1.807) is 23.1 Å². The number of aryl methyl sites for hydroxylation is 1. The Bertz CT molecular complexity index is 593. The van der Waals surface area contributed by atoms with Gasteiger partial charge in [0.1, 0.15) is 5.69 Å². The van der Waals surface area contributed by atoms with Crippen molar-refractivity contribution >= 4 is 11.6 Å². The van der Waals surface area contributed by atoms with Crippen LogP contribution in [0.1, 0.15) is 29.4 Å². The Balaban J connectivity index is 1.85. The van der Waals surface area contributed by atoms with Gasteiger partial charge in [-0.15, -0.1) is 0 Å². The molecule has 0 spiro atoms. The van der Waals surface area contributed by atoms with Crippen molar-refractivity contribution in [1.29, 1.82) is 0 Å². The Hall–Kier alpha value is -2.37. The van der Waals surface area contributed by atoms with Crippen LogP contribution in [0.2, 0.25) is 0 Å². The molecule has 6 nitrogen and oxygen atoms in total. The highest BCUT2D eigenvalue weighted by Crippen LogP contribution is 2.08. The molecule has 0 fully saturated rings.